The van der Waals surface area contributed by atoms with Crippen LogP contribution in [0.3, 0.4) is 0 Å². The Labute approximate surface area is 167 Å². The van der Waals surface area contributed by atoms with Gasteiger partial charge < -0.3 is 19.2 Å². The molecule has 0 aliphatic rings. The highest BCUT2D eigenvalue weighted by Gasteiger charge is 2.16. The summed E-state index contributed by atoms with van der Waals surface area (Å²) < 4.78 is 15.7. The number of esters is 1. The fraction of sp³-hybridized carbons (Fsp3) is 0.136. The minimum Gasteiger partial charge on any atom is -0.495 e. The lowest BCUT2D eigenvalue weighted by Gasteiger charge is -2.09. The van der Waals surface area contributed by atoms with Crippen LogP contribution >= 0.6 is 0 Å². The second kappa shape index (κ2) is 8.88. The van der Waals surface area contributed by atoms with Crippen molar-refractivity contribution in [2.75, 3.05) is 19.0 Å². The molecular weight excluding hydrogens is 374 g/mol. The first-order chi connectivity index (χ1) is 14.0. The Hall–Kier alpha value is -3.87. The van der Waals surface area contributed by atoms with Crippen molar-refractivity contribution < 1.29 is 28.3 Å². The van der Waals surface area contributed by atoms with Crippen molar-refractivity contribution >= 4 is 23.3 Å². The largest absolute Gasteiger partial charge is 0.495 e. The van der Waals surface area contributed by atoms with Crippen molar-refractivity contribution in [2.45, 2.75) is 6.92 Å². The van der Waals surface area contributed by atoms with Gasteiger partial charge in [0, 0.05) is 11.1 Å². The molecule has 29 heavy (non-hydrogen) atoms. The molecule has 0 spiro atoms. The van der Waals surface area contributed by atoms with Gasteiger partial charge in [-0.15, -0.1) is 0 Å². The Morgan fingerprint density at radius 1 is 0.966 bits per heavy atom. The van der Waals surface area contributed by atoms with E-state index >= 15 is 0 Å². The molecule has 2 aromatic carbocycles. The molecule has 0 atom stereocenters. The van der Waals surface area contributed by atoms with Crippen molar-refractivity contribution in [1.29, 1.82) is 0 Å². The predicted molar refractivity (Wildman–Crippen MR) is 106 cm³/mol. The summed E-state index contributed by atoms with van der Waals surface area (Å²) in [5.74, 6) is -0.377. The van der Waals surface area contributed by atoms with Gasteiger partial charge in [0.1, 0.15) is 11.5 Å². The molecule has 0 saturated carbocycles. The number of ketones is 1. The van der Waals surface area contributed by atoms with E-state index in [4.69, 9.17) is 13.9 Å². The van der Waals surface area contributed by atoms with E-state index in [1.54, 1.807) is 54.6 Å². The minimum atomic E-state index is -0.758. The highest BCUT2D eigenvalue weighted by Crippen LogP contribution is 2.24. The molecule has 3 rings (SSSR count). The van der Waals surface area contributed by atoms with Gasteiger partial charge >= 0.3 is 5.97 Å². The Balaban J connectivity index is 1.59. The van der Waals surface area contributed by atoms with Crippen molar-refractivity contribution in [3.63, 3.8) is 0 Å². The summed E-state index contributed by atoms with van der Waals surface area (Å²) in [6.45, 7) is 1.01. The number of para-hydroxylation sites is 2. The van der Waals surface area contributed by atoms with Crippen molar-refractivity contribution in [1.82, 2.24) is 0 Å². The molecule has 0 radical (unpaired) electrons. The summed E-state index contributed by atoms with van der Waals surface area (Å²) in [6, 6.07) is 16.8. The Kier molecular flexibility index (Phi) is 6.09. The monoisotopic (exact) mass is 393 g/mol. The number of nitrogens with one attached hydrogen (secondary N) is 1. The number of hydrogen-bond donors (Lipinski definition) is 1. The maximum Gasteiger partial charge on any atom is 0.374 e. The molecule has 3 aromatic rings. The van der Waals surface area contributed by atoms with Gasteiger partial charge in [0.15, 0.2) is 12.4 Å². The van der Waals surface area contributed by atoms with Gasteiger partial charge in [-0.25, -0.2) is 4.79 Å². The summed E-state index contributed by atoms with van der Waals surface area (Å²) in [5, 5.41) is 2.61. The Morgan fingerprint density at radius 3 is 2.38 bits per heavy atom. The van der Waals surface area contributed by atoms with Gasteiger partial charge in [-0.1, -0.05) is 36.4 Å². The number of rotatable bonds is 7. The third-order valence-electron chi connectivity index (χ3n) is 4.10. The number of carbonyl (C=O) groups is 3. The molecular formula is C22H19NO6. The molecule has 0 bridgehead atoms. The normalized spacial score (nSPS) is 10.3. The van der Waals surface area contributed by atoms with E-state index in [1.165, 1.54) is 20.1 Å². The summed E-state index contributed by atoms with van der Waals surface area (Å²) in [4.78, 5) is 35.5. The van der Waals surface area contributed by atoms with Gasteiger partial charge in [-0.3, -0.25) is 9.59 Å². The zero-order valence-corrected chi connectivity index (χ0v) is 15.9. The smallest absolute Gasteiger partial charge is 0.374 e. The van der Waals surface area contributed by atoms with Crippen LogP contribution in [0, 0.1) is 0 Å². The van der Waals surface area contributed by atoms with E-state index in [9.17, 15) is 14.4 Å². The van der Waals surface area contributed by atoms with E-state index in [1.807, 2.05) is 0 Å². The zero-order valence-electron chi connectivity index (χ0n) is 15.9. The molecule has 1 heterocycles. The minimum absolute atomic E-state index is 0.0271. The second-order valence-corrected chi connectivity index (χ2v) is 6.12. The van der Waals surface area contributed by atoms with Crippen LogP contribution in [0.2, 0.25) is 0 Å². The van der Waals surface area contributed by atoms with Gasteiger partial charge in [0.25, 0.3) is 5.91 Å². The highest BCUT2D eigenvalue weighted by molar-refractivity contribution is 5.96. The molecule has 0 aliphatic carbocycles. The maximum atomic E-state index is 12.1. The first kappa shape index (κ1) is 19.9. The first-order valence-electron chi connectivity index (χ1n) is 8.79. The molecule has 0 saturated heterocycles. The van der Waals surface area contributed by atoms with E-state index in [-0.39, 0.29) is 11.5 Å². The van der Waals surface area contributed by atoms with E-state index < -0.39 is 18.5 Å². The summed E-state index contributed by atoms with van der Waals surface area (Å²) in [5.41, 5.74) is 1.77. The topological polar surface area (TPSA) is 94.8 Å². The second-order valence-electron chi connectivity index (χ2n) is 6.12. The fourth-order valence-electron chi connectivity index (χ4n) is 2.61. The Morgan fingerprint density at radius 2 is 1.69 bits per heavy atom. The van der Waals surface area contributed by atoms with Crippen LogP contribution in [0.15, 0.2) is 65.1 Å². The lowest BCUT2D eigenvalue weighted by Crippen LogP contribution is -2.21. The van der Waals surface area contributed by atoms with E-state index in [0.29, 0.717) is 28.3 Å². The number of benzene rings is 2. The van der Waals surface area contributed by atoms with Gasteiger partial charge in [0.2, 0.25) is 5.76 Å². The van der Waals surface area contributed by atoms with E-state index in [0.717, 1.165) is 0 Å². The van der Waals surface area contributed by atoms with Crippen LogP contribution in [0.25, 0.3) is 11.3 Å². The van der Waals surface area contributed by atoms with Crippen LogP contribution in [0.1, 0.15) is 27.8 Å². The summed E-state index contributed by atoms with van der Waals surface area (Å²) in [6.07, 6.45) is 0. The highest BCUT2D eigenvalue weighted by atomic mass is 16.5. The van der Waals surface area contributed by atoms with Crippen LogP contribution in [-0.2, 0) is 9.53 Å². The SMILES string of the molecule is COc1ccccc1NC(=O)COC(=O)c1ccc(-c2ccc(C(C)=O)cc2)o1. The fourth-order valence-corrected chi connectivity index (χ4v) is 2.61. The first-order valence-corrected chi connectivity index (χ1v) is 8.79. The molecule has 148 valence electrons. The number of methoxy groups -OCH3 is 1. The van der Waals surface area contributed by atoms with Crippen molar-refractivity contribution in [2.24, 2.45) is 0 Å². The van der Waals surface area contributed by atoms with E-state index in [2.05, 4.69) is 5.32 Å². The lowest BCUT2D eigenvalue weighted by atomic mass is 10.1. The number of carbonyl (C=O) groups excluding carboxylic acids is 3. The molecule has 1 amide bonds. The number of amides is 1. The lowest BCUT2D eigenvalue weighted by molar-refractivity contribution is -0.119. The van der Waals surface area contributed by atoms with Crippen LogP contribution in [0.5, 0.6) is 5.75 Å². The zero-order chi connectivity index (χ0) is 20.8. The van der Waals surface area contributed by atoms with Gasteiger partial charge in [0.05, 0.1) is 12.8 Å². The molecule has 0 fully saturated rings. The number of furan rings is 1. The van der Waals surface area contributed by atoms with Crippen molar-refractivity contribution in [3.8, 4) is 17.1 Å². The summed E-state index contributed by atoms with van der Waals surface area (Å²) in [7, 11) is 1.49. The molecule has 0 unspecified atom stereocenters. The number of hydrogen-bond acceptors (Lipinski definition) is 6. The van der Waals surface area contributed by atoms with Crippen LogP contribution in [0.4, 0.5) is 5.69 Å². The van der Waals surface area contributed by atoms with Gasteiger partial charge in [-0.2, -0.15) is 0 Å². The quantitative estimate of drug-likeness (QED) is 0.482. The van der Waals surface area contributed by atoms with Crippen molar-refractivity contribution in [3.05, 3.63) is 72.0 Å². The molecule has 0 aliphatic heterocycles. The average molecular weight is 393 g/mol. The maximum absolute atomic E-state index is 12.1. The van der Waals surface area contributed by atoms with Crippen LogP contribution in [-0.4, -0.2) is 31.4 Å². The molecule has 7 nitrogen and oxygen atoms in total. The number of ether oxygens (including phenoxy) is 2. The molecule has 7 heteroatoms. The predicted octanol–water partition coefficient (Wildman–Crippen LogP) is 3.95. The number of anilines is 1. The third kappa shape index (κ3) is 4.90. The van der Waals surface area contributed by atoms with Gasteiger partial charge in [-0.05, 0) is 31.2 Å². The standard InChI is InChI=1S/C22H19NO6/c1-14(24)15-7-9-16(10-8-15)18-11-12-20(29-18)22(26)28-13-21(25)23-17-5-3-4-6-19(17)27-2/h3-12H,13H2,1-2H3,(H,23,25). The number of Topliss-reactive ketones (excluding diaryl/α,β-unsaturated/α-hetero) is 1. The third-order valence-corrected chi connectivity index (χ3v) is 4.10. The molecule has 1 N–H and O–H groups in total. The van der Waals surface area contributed by atoms with Crippen LogP contribution < -0.4 is 10.1 Å². The Bertz CT molecular complexity index is 1040. The average Bonchev–Trinajstić information content (AvgIpc) is 3.23. The molecule has 1 aromatic heterocycles. The summed E-state index contributed by atoms with van der Waals surface area (Å²) >= 11 is 0.